The third-order valence-corrected chi connectivity index (χ3v) is 4.69. The summed E-state index contributed by atoms with van der Waals surface area (Å²) in [5.74, 6) is 1.71. The van der Waals surface area contributed by atoms with E-state index in [0.29, 0.717) is 29.6 Å². The van der Waals surface area contributed by atoms with Crippen molar-refractivity contribution in [3.63, 3.8) is 0 Å². The highest BCUT2D eigenvalue weighted by molar-refractivity contribution is 5.58. The number of nitrogens with two attached hydrogens (primary N) is 1. The molecular weight excluding hydrogens is 376 g/mol. The van der Waals surface area contributed by atoms with E-state index in [0.717, 1.165) is 31.7 Å². The molecule has 2 N–H and O–H groups in total. The van der Waals surface area contributed by atoms with Crippen LogP contribution in [0.2, 0.25) is 0 Å². The van der Waals surface area contributed by atoms with Crippen molar-refractivity contribution in [2.45, 2.75) is 40.5 Å². The van der Waals surface area contributed by atoms with Crippen LogP contribution < -0.4 is 10.6 Å². The number of piperidine rings is 1. The first-order valence-electron chi connectivity index (χ1n) is 9.55. The Hall–Kier alpha value is -2.68. The van der Waals surface area contributed by atoms with Crippen LogP contribution >= 0.6 is 0 Å². The van der Waals surface area contributed by atoms with Gasteiger partial charge in [-0.3, -0.25) is 4.40 Å². The van der Waals surface area contributed by atoms with Gasteiger partial charge in [-0.15, -0.1) is 0 Å². The average molecular weight is 408 g/mol. The SMILES string of the molecule is C.CC.NC[C@H]1CCCN(c2ccnc(-c3cnc4cnc(C(F)F)cn34)n2)C1.[HH]. The lowest BCUT2D eigenvalue weighted by atomic mass is 9.98. The zero-order valence-corrected chi connectivity index (χ0v) is 16.1. The summed E-state index contributed by atoms with van der Waals surface area (Å²) in [6, 6.07) is 1.86. The van der Waals surface area contributed by atoms with Gasteiger partial charge in [0.05, 0.1) is 12.4 Å². The molecule has 0 aliphatic carbocycles. The van der Waals surface area contributed by atoms with Crippen LogP contribution in [0.5, 0.6) is 0 Å². The van der Waals surface area contributed by atoms with Crippen LogP contribution in [-0.2, 0) is 0 Å². The molecule has 0 aromatic carbocycles. The Balaban J connectivity index is 0.00000109. The minimum absolute atomic E-state index is 0. The summed E-state index contributed by atoms with van der Waals surface area (Å²) in [5, 5.41) is 0. The Morgan fingerprint density at radius 2 is 2.03 bits per heavy atom. The molecule has 29 heavy (non-hydrogen) atoms. The molecule has 4 rings (SSSR count). The van der Waals surface area contributed by atoms with E-state index in [1.54, 1.807) is 16.8 Å². The van der Waals surface area contributed by atoms with E-state index in [4.69, 9.17) is 5.73 Å². The van der Waals surface area contributed by atoms with Gasteiger partial charge in [-0.25, -0.2) is 28.7 Å². The summed E-state index contributed by atoms with van der Waals surface area (Å²) >= 11 is 0. The van der Waals surface area contributed by atoms with E-state index >= 15 is 0 Å². The molecule has 0 amide bonds. The van der Waals surface area contributed by atoms with Gasteiger partial charge in [-0.2, -0.15) is 0 Å². The lowest BCUT2D eigenvalue weighted by Crippen LogP contribution is -2.38. The summed E-state index contributed by atoms with van der Waals surface area (Å²) in [6.07, 6.45) is 5.41. The summed E-state index contributed by atoms with van der Waals surface area (Å²) < 4.78 is 27.5. The van der Waals surface area contributed by atoms with Gasteiger partial charge in [-0.05, 0) is 31.4 Å². The average Bonchev–Trinajstić information content (AvgIpc) is 3.18. The van der Waals surface area contributed by atoms with Gasteiger partial charge >= 0.3 is 0 Å². The highest BCUT2D eigenvalue weighted by Gasteiger charge is 2.21. The normalized spacial score (nSPS) is 16.3. The molecule has 0 saturated carbocycles. The molecular formula is C20H31F2N7. The van der Waals surface area contributed by atoms with Gasteiger partial charge in [-0.1, -0.05) is 21.3 Å². The maximum atomic E-state index is 13.0. The predicted octanol–water partition coefficient (Wildman–Crippen LogP) is 4.21. The standard InChI is InChI=1S/C17H19F2N7.C2H6.CH4.H2/c18-16(19)12-10-26-13(7-23-15(26)8-22-12)17-21-4-3-14(24-17)25-5-1-2-11(6-20)9-25;1-2;;/h3-4,7-8,10-11,16H,1-2,5-6,9,20H2;1-2H3;1H4;1H/t11-;;;/m1.../s1. The molecule has 160 valence electrons. The summed E-state index contributed by atoms with van der Waals surface area (Å²) in [6.45, 7) is 6.43. The van der Waals surface area contributed by atoms with Crippen LogP contribution in [0.15, 0.2) is 30.9 Å². The molecule has 1 aliphatic heterocycles. The van der Waals surface area contributed by atoms with Crippen LogP contribution in [0.3, 0.4) is 0 Å². The number of nitrogens with zero attached hydrogens (tertiary/aromatic N) is 6. The Labute approximate surface area is 171 Å². The smallest absolute Gasteiger partial charge is 0.281 e. The van der Waals surface area contributed by atoms with Gasteiger partial charge in [0.15, 0.2) is 11.5 Å². The maximum absolute atomic E-state index is 13.0. The van der Waals surface area contributed by atoms with Crippen molar-refractivity contribution in [1.82, 2.24) is 24.3 Å². The zero-order chi connectivity index (χ0) is 20.1. The first-order valence-corrected chi connectivity index (χ1v) is 9.55. The highest BCUT2D eigenvalue weighted by Crippen LogP contribution is 2.25. The monoisotopic (exact) mass is 407 g/mol. The largest absolute Gasteiger partial charge is 0.356 e. The minimum atomic E-state index is -2.65. The topological polar surface area (TPSA) is 85.2 Å². The molecule has 1 atom stereocenters. The van der Waals surface area contributed by atoms with E-state index in [-0.39, 0.29) is 14.5 Å². The molecule has 3 aromatic heterocycles. The van der Waals surface area contributed by atoms with E-state index in [1.807, 2.05) is 19.9 Å². The molecule has 1 fully saturated rings. The first-order chi connectivity index (χ1) is 13.7. The van der Waals surface area contributed by atoms with E-state index in [9.17, 15) is 8.78 Å². The molecule has 0 radical (unpaired) electrons. The van der Waals surface area contributed by atoms with Gasteiger partial charge in [0.1, 0.15) is 17.2 Å². The lowest BCUT2D eigenvalue weighted by molar-refractivity contribution is 0.145. The molecule has 9 heteroatoms. The van der Waals surface area contributed by atoms with E-state index < -0.39 is 6.43 Å². The summed E-state index contributed by atoms with van der Waals surface area (Å²) in [5.41, 5.74) is 6.53. The number of hydrogen-bond acceptors (Lipinski definition) is 6. The Bertz CT molecular complexity index is 919. The molecule has 1 saturated heterocycles. The van der Waals surface area contributed by atoms with Crippen molar-refractivity contribution in [1.29, 1.82) is 0 Å². The van der Waals surface area contributed by atoms with Gasteiger partial charge in [0, 0.05) is 26.9 Å². The van der Waals surface area contributed by atoms with Crippen molar-refractivity contribution in [3.05, 3.63) is 36.5 Å². The van der Waals surface area contributed by atoms with E-state index in [2.05, 4.69) is 24.8 Å². The van der Waals surface area contributed by atoms with Crippen molar-refractivity contribution in [3.8, 4) is 11.5 Å². The van der Waals surface area contributed by atoms with Gasteiger partial charge in [0.25, 0.3) is 6.43 Å². The van der Waals surface area contributed by atoms with Crippen LogP contribution in [0.1, 0.15) is 47.7 Å². The third-order valence-electron chi connectivity index (χ3n) is 4.69. The van der Waals surface area contributed by atoms with Crippen LogP contribution in [-0.4, -0.2) is 44.0 Å². The van der Waals surface area contributed by atoms with Crippen molar-refractivity contribution < 1.29 is 10.2 Å². The highest BCUT2D eigenvalue weighted by atomic mass is 19.3. The molecule has 0 unspecified atom stereocenters. The number of halogens is 2. The predicted molar refractivity (Wildman–Crippen MR) is 113 cm³/mol. The first kappa shape index (κ1) is 22.6. The van der Waals surface area contributed by atoms with Crippen LogP contribution in [0, 0.1) is 5.92 Å². The Kier molecular flexibility index (Phi) is 7.95. The molecule has 3 aromatic rings. The second-order valence-electron chi connectivity index (χ2n) is 6.41. The van der Waals surface area contributed by atoms with Crippen LogP contribution in [0.25, 0.3) is 17.2 Å². The van der Waals surface area contributed by atoms with Crippen molar-refractivity contribution in [2.24, 2.45) is 11.7 Å². The molecule has 1 aliphatic rings. The number of fused-ring (bicyclic) bond motifs is 1. The third kappa shape index (κ3) is 4.84. The number of anilines is 1. The maximum Gasteiger partial charge on any atom is 0.281 e. The second-order valence-corrected chi connectivity index (χ2v) is 6.41. The quantitative estimate of drug-likeness (QED) is 0.697. The van der Waals surface area contributed by atoms with Gasteiger partial charge < -0.3 is 10.6 Å². The second kappa shape index (κ2) is 10.2. The van der Waals surface area contributed by atoms with Gasteiger partial charge in [0.2, 0.25) is 0 Å². The zero-order valence-electron chi connectivity index (χ0n) is 16.1. The Morgan fingerprint density at radius 3 is 2.76 bits per heavy atom. The summed E-state index contributed by atoms with van der Waals surface area (Å²) in [4.78, 5) is 19.1. The van der Waals surface area contributed by atoms with E-state index in [1.165, 1.54) is 12.4 Å². The minimum Gasteiger partial charge on any atom is -0.356 e. The fourth-order valence-electron chi connectivity index (χ4n) is 3.30. The van der Waals surface area contributed by atoms with Crippen molar-refractivity contribution >= 4 is 11.5 Å². The molecule has 7 nitrogen and oxygen atoms in total. The molecule has 0 bridgehead atoms. The molecule has 4 heterocycles. The Morgan fingerprint density at radius 1 is 1.24 bits per heavy atom. The fourth-order valence-corrected chi connectivity index (χ4v) is 3.30. The van der Waals surface area contributed by atoms with Crippen molar-refractivity contribution in [2.75, 3.05) is 24.5 Å². The number of imidazole rings is 1. The number of alkyl halides is 2. The lowest BCUT2D eigenvalue weighted by Gasteiger charge is -2.33. The fraction of sp³-hybridized carbons (Fsp3) is 0.500. The number of aromatic nitrogens is 5. The summed E-state index contributed by atoms with van der Waals surface area (Å²) in [7, 11) is 0. The van der Waals surface area contributed by atoms with Crippen LogP contribution in [0.4, 0.5) is 14.6 Å². The number of rotatable bonds is 4. The number of hydrogen-bond donors (Lipinski definition) is 1. The molecule has 0 spiro atoms.